The third kappa shape index (κ3) is 6.03. The Morgan fingerprint density at radius 1 is 1.13 bits per heavy atom. The molecule has 0 bridgehead atoms. The Morgan fingerprint density at radius 2 is 1.97 bits per heavy atom. The number of carbonyl (C=O) groups excluding carboxylic acids is 1. The zero-order valence-corrected chi connectivity index (χ0v) is 18.0. The second-order valence-corrected chi connectivity index (χ2v) is 7.64. The monoisotopic (exact) mass is 425 g/mol. The lowest BCUT2D eigenvalue weighted by molar-refractivity contribution is -0.121. The summed E-state index contributed by atoms with van der Waals surface area (Å²) >= 11 is 5.32. The van der Waals surface area contributed by atoms with Crippen LogP contribution in [0.15, 0.2) is 53.3 Å². The number of aryl methyl sites for hydroxylation is 1. The maximum absolute atomic E-state index is 12.6. The summed E-state index contributed by atoms with van der Waals surface area (Å²) in [4.78, 5) is 27.6. The number of unbranched alkanes of at least 4 members (excludes halogenated alkanes) is 2. The van der Waals surface area contributed by atoms with Crippen molar-refractivity contribution in [1.29, 1.82) is 0 Å². The molecule has 3 aromatic rings. The van der Waals surface area contributed by atoms with Gasteiger partial charge in [-0.1, -0.05) is 30.7 Å². The minimum absolute atomic E-state index is 0.0167. The lowest BCUT2D eigenvalue weighted by atomic mass is 10.2. The highest BCUT2D eigenvalue weighted by Crippen LogP contribution is 2.12. The zero-order chi connectivity index (χ0) is 21.3. The number of amides is 1. The number of nitrogens with one attached hydrogen (secondary N) is 2. The number of carbonyl (C=O) groups is 1. The van der Waals surface area contributed by atoms with Crippen molar-refractivity contribution in [2.45, 2.75) is 39.2 Å². The third-order valence-corrected chi connectivity index (χ3v) is 5.18. The summed E-state index contributed by atoms with van der Waals surface area (Å²) < 4.78 is 7.66. The van der Waals surface area contributed by atoms with Gasteiger partial charge in [-0.05, 0) is 61.8 Å². The average Bonchev–Trinajstić information content (AvgIpc) is 2.73. The Bertz CT molecular complexity index is 1120. The molecule has 3 rings (SSSR count). The topological polar surface area (TPSA) is 76.1 Å². The fraction of sp³-hybridized carbons (Fsp3) is 0.348. The van der Waals surface area contributed by atoms with Crippen LogP contribution in [0.4, 0.5) is 0 Å². The fourth-order valence-corrected chi connectivity index (χ4v) is 3.57. The second-order valence-electron chi connectivity index (χ2n) is 7.26. The molecule has 2 aromatic carbocycles. The van der Waals surface area contributed by atoms with Gasteiger partial charge in [0, 0.05) is 13.0 Å². The summed E-state index contributed by atoms with van der Waals surface area (Å²) in [6.45, 7) is 3.48. The van der Waals surface area contributed by atoms with Crippen LogP contribution in [0.2, 0.25) is 0 Å². The van der Waals surface area contributed by atoms with Crippen molar-refractivity contribution in [2.24, 2.45) is 0 Å². The molecule has 0 aliphatic rings. The molecule has 2 N–H and O–H groups in total. The number of aromatic amines is 1. The van der Waals surface area contributed by atoms with E-state index in [1.807, 2.05) is 49.4 Å². The molecule has 1 amide bonds. The predicted octanol–water partition coefficient (Wildman–Crippen LogP) is 4.12. The van der Waals surface area contributed by atoms with Crippen LogP contribution in [0.25, 0.3) is 10.9 Å². The number of para-hydroxylation sites is 1. The fourth-order valence-electron chi connectivity index (χ4n) is 3.29. The van der Waals surface area contributed by atoms with Gasteiger partial charge in [0.25, 0.3) is 5.56 Å². The first-order valence-electron chi connectivity index (χ1n) is 10.2. The number of rotatable bonds is 10. The minimum Gasteiger partial charge on any atom is -0.492 e. The molecule has 0 saturated carbocycles. The van der Waals surface area contributed by atoms with Gasteiger partial charge in [0.2, 0.25) is 5.91 Å². The molecule has 0 aliphatic carbocycles. The lowest BCUT2D eigenvalue weighted by Gasteiger charge is -2.09. The summed E-state index contributed by atoms with van der Waals surface area (Å²) in [5.74, 6) is 0.828. The number of nitrogens with zero attached hydrogens (tertiary/aromatic N) is 1. The van der Waals surface area contributed by atoms with Crippen LogP contribution in [-0.4, -0.2) is 28.6 Å². The SMILES string of the molecule is Cc1cccc(OCCNC(=O)CCCCCn2c(=S)[nH]c3ccccc3c2=O)c1. The molecule has 1 heterocycles. The summed E-state index contributed by atoms with van der Waals surface area (Å²) in [5, 5.41) is 3.51. The van der Waals surface area contributed by atoms with Gasteiger partial charge in [-0.25, -0.2) is 0 Å². The summed E-state index contributed by atoms with van der Waals surface area (Å²) in [6, 6.07) is 15.2. The van der Waals surface area contributed by atoms with E-state index in [0.717, 1.165) is 36.1 Å². The highest BCUT2D eigenvalue weighted by atomic mass is 32.1. The number of hydrogen-bond donors (Lipinski definition) is 2. The van der Waals surface area contributed by atoms with E-state index >= 15 is 0 Å². The molecule has 0 spiro atoms. The van der Waals surface area contributed by atoms with E-state index in [1.54, 1.807) is 10.6 Å². The minimum atomic E-state index is -0.0688. The van der Waals surface area contributed by atoms with Crippen LogP contribution < -0.4 is 15.6 Å². The van der Waals surface area contributed by atoms with Gasteiger partial charge < -0.3 is 15.0 Å². The van der Waals surface area contributed by atoms with E-state index < -0.39 is 0 Å². The van der Waals surface area contributed by atoms with Gasteiger partial charge in [-0.15, -0.1) is 0 Å². The molecule has 158 valence electrons. The molecular weight excluding hydrogens is 398 g/mol. The van der Waals surface area contributed by atoms with Gasteiger partial charge in [-0.2, -0.15) is 0 Å². The molecule has 7 heteroatoms. The van der Waals surface area contributed by atoms with Gasteiger partial charge in [0.1, 0.15) is 12.4 Å². The van der Waals surface area contributed by atoms with Crippen LogP contribution >= 0.6 is 12.2 Å². The number of H-pyrrole nitrogens is 1. The molecule has 0 saturated heterocycles. The van der Waals surface area contributed by atoms with Crippen LogP contribution in [0.1, 0.15) is 31.2 Å². The number of fused-ring (bicyclic) bond motifs is 1. The van der Waals surface area contributed by atoms with Gasteiger partial charge in [0.15, 0.2) is 4.77 Å². The Kier molecular flexibility index (Phi) is 7.79. The second kappa shape index (κ2) is 10.7. The van der Waals surface area contributed by atoms with Crippen molar-refractivity contribution in [3.05, 3.63) is 69.2 Å². The standard InChI is InChI=1S/C23H27N3O3S/c1-17-8-7-9-18(16-17)29-15-13-24-21(27)12-3-2-6-14-26-22(28)19-10-4-5-11-20(19)25-23(26)30/h4-5,7-11,16H,2-3,6,12-15H2,1H3,(H,24,27)(H,25,30). The quantitative estimate of drug-likeness (QED) is 0.378. The normalized spacial score (nSPS) is 10.8. The van der Waals surface area contributed by atoms with Crippen molar-refractivity contribution < 1.29 is 9.53 Å². The number of benzene rings is 2. The molecule has 6 nitrogen and oxygen atoms in total. The van der Waals surface area contributed by atoms with Crippen molar-refractivity contribution in [3.8, 4) is 5.75 Å². The van der Waals surface area contributed by atoms with Crippen molar-refractivity contribution in [2.75, 3.05) is 13.2 Å². The summed E-state index contributed by atoms with van der Waals surface area (Å²) in [7, 11) is 0. The first-order chi connectivity index (χ1) is 14.5. The van der Waals surface area contributed by atoms with Crippen molar-refractivity contribution in [3.63, 3.8) is 0 Å². The van der Waals surface area contributed by atoms with E-state index in [4.69, 9.17) is 17.0 Å². The molecule has 30 heavy (non-hydrogen) atoms. The van der Waals surface area contributed by atoms with Crippen molar-refractivity contribution in [1.82, 2.24) is 14.9 Å². The van der Waals surface area contributed by atoms with E-state index in [1.165, 1.54) is 0 Å². The number of hydrogen-bond acceptors (Lipinski definition) is 4. The summed E-state index contributed by atoms with van der Waals surface area (Å²) in [5.41, 5.74) is 1.83. The smallest absolute Gasteiger partial charge is 0.262 e. The van der Waals surface area contributed by atoms with Gasteiger partial charge in [0.05, 0.1) is 17.4 Å². The number of aromatic nitrogens is 2. The van der Waals surface area contributed by atoms with E-state index in [2.05, 4.69) is 10.3 Å². The maximum Gasteiger partial charge on any atom is 0.262 e. The van der Waals surface area contributed by atoms with Crippen LogP contribution in [0.3, 0.4) is 0 Å². The van der Waals surface area contributed by atoms with Crippen LogP contribution in [0, 0.1) is 11.7 Å². The average molecular weight is 426 g/mol. The Morgan fingerprint density at radius 3 is 2.80 bits per heavy atom. The molecule has 0 atom stereocenters. The molecule has 0 radical (unpaired) electrons. The highest BCUT2D eigenvalue weighted by molar-refractivity contribution is 7.71. The third-order valence-electron chi connectivity index (χ3n) is 4.86. The Hall–Kier alpha value is -2.93. The van der Waals surface area contributed by atoms with Crippen LogP contribution in [0.5, 0.6) is 5.75 Å². The highest BCUT2D eigenvalue weighted by Gasteiger charge is 2.06. The predicted molar refractivity (Wildman–Crippen MR) is 122 cm³/mol. The molecule has 0 aliphatic heterocycles. The zero-order valence-electron chi connectivity index (χ0n) is 17.1. The first-order valence-corrected chi connectivity index (χ1v) is 10.6. The lowest BCUT2D eigenvalue weighted by Crippen LogP contribution is -2.27. The summed E-state index contributed by atoms with van der Waals surface area (Å²) in [6.07, 6.45) is 2.87. The van der Waals surface area contributed by atoms with Crippen LogP contribution in [-0.2, 0) is 11.3 Å². The molecule has 0 unspecified atom stereocenters. The number of ether oxygens (including phenoxy) is 1. The van der Waals surface area contributed by atoms with E-state index in [0.29, 0.717) is 36.3 Å². The first kappa shape index (κ1) is 21.8. The van der Waals surface area contributed by atoms with Gasteiger partial charge >= 0.3 is 0 Å². The molecular formula is C23H27N3O3S. The van der Waals surface area contributed by atoms with Gasteiger partial charge in [-0.3, -0.25) is 14.2 Å². The van der Waals surface area contributed by atoms with Crippen molar-refractivity contribution >= 4 is 29.0 Å². The van der Waals surface area contributed by atoms with E-state index in [-0.39, 0.29) is 11.5 Å². The maximum atomic E-state index is 12.6. The largest absolute Gasteiger partial charge is 0.492 e. The Labute approximate surface area is 180 Å². The van der Waals surface area contributed by atoms with E-state index in [9.17, 15) is 9.59 Å². The Balaban J connectivity index is 1.34. The molecule has 0 fully saturated rings. The molecule has 1 aromatic heterocycles.